The van der Waals surface area contributed by atoms with Crippen LogP contribution in [-0.4, -0.2) is 38.1 Å². The SMILES string of the molecule is CN(CC(=O)Nc1ccc(CC(N)=O)cc1)S(=O)(=O)c1ccc(Br)cc1. The first-order valence-electron chi connectivity index (χ1n) is 7.57. The number of nitrogens with zero attached hydrogens (tertiary/aromatic N) is 1. The molecule has 3 N–H and O–H groups in total. The smallest absolute Gasteiger partial charge is 0.243 e. The molecule has 26 heavy (non-hydrogen) atoms. The van der Waals surface area contributed by atoms with E-state index in [0.717, 1.165) is 14.3 Å². The molecule has 0 radical (unpaired) electrons. The summed E-state index contributed by atoms with van der Waals surface area (Å²) in [5.41, 5.74) is 6.35. The van der Waals surface area contributed by atoms with Crippen molar-refractivity contribution in [3.63, 3.8) is 0 Å². The van der Waals surface area contributed by atoms with E-state index in [4.69, 9.17) is 5.73 Å². The maximum absolute atomic E-state index is 12.5. The number of nitrogens with one attached hydrogen (secondary N) is 1. The number of likely N-dealkylation sites (N-methyl/N-ethyl adjacent to an activating group) is 1. The summed E-state index contributed by atoms with van der Waals surface area (Å²) in [5.74, 6) is -0.919. The van der Waals surface area contributed by atoms with Gasteiger partial charge in [-0.2, -0.15) is 4.31 Å². The van der Waals surface area contributed by atoms with Crippen LogP contribution in [0.3, 0.4) is 0 Å². The minimum atomic E-state index is -3.76. The molecule has 0 aliphatic rings. The highest BCUT2D eigenvalue weighted by Gasteiger charge is 2.22. The monoisotopic (exact) mass is 439 g/mol. The normalized spacial score (nSPS) is 11.3. The number of halogens is 1. The molecule has 0 atom stereocenters. The lowest BCUT2D eigenvalue weighted by atomic mass is 10.1. The lowest BCUT2D eigenvalue weighted by molar-refractivity contribution is -0.117. The second kappa shape index (κ2) is 8.43. The Morgan fingerprint density at radius 2 is 1.65 bits per heavy atom. The van der Waals surface area contributed by atoms with Gasteiger partial charge in [-0.05, 0) is 42.0 Å². The standard InChI is InChI=1S/C17H18BrN3O4S/c1-21(26(24,25)15-8-4-13(18)5-9-15)11-17(23)20-14-6-2-12(3-7-14)10-16(19)22/h2-9H,10-11H2,1H3,(H2,19,22)(H,20,23). The Balaban J connectivity index is 2.00. The molecule has 2 aromatic carbocycles. The average Bonchev–Trinajstić information content (AvgIpc) is 2.56. The lowest BCUT2D eigenvalue weighted by Gasteiger charge is -2.17. The Morgan fingerprint density at radius 3 is 2.19 bits per heavy atom. The molecule has 2 rings (SSSR count). The zero-order chi connectivity index (χ0) is 19.3. The van der Waals surface area contributed by atoms with E-state index < -0.39 is 21.8 Å². The van der Waals surface area contributed by atoms with Crippen molar-refractivity contribution in [2.45, 2.75) is 11.3 Å². The van der Waals surface area contributed by atoms with Gasteiger partial charge in [0, 0.05) is 17.2 Å². The van der Waals surface area contributed by atoms with Crippen molar-refractivity contribution in [1.82, 2.24) is 4.31 Å². The van der Waals surface area contributed by atoms with E-state index >= 15 is 0 Å². The molecule has 138 valence electrons. The summed E-state index contributed by atoms with van der Waals surface area (Å²) in [7, 11) is -2.42. The largest absolute Gasteiger partial charge is 0.369 e. The second-order valence-electron chi connectivity index (χ2n) is 5.60. The van der Waals surface area contributed by atoms with E-state index in [-0.39, 0.29) is 17.9 Å². The molecule has 7 nitrogen and oxygen atoms in total. The molecule has 0 bridgehead atoms. The number of carbonyl (C=O) groups is 2. The number of nitrogens with two attached hydrogens (primary N) is 1. The van der Waals surface area contributed by atoms with Gasteiger partial charge >= 0.3 is 0 Å². The van der Waals surface area contributed by atoms with E-state index in [1.54, 1.807) is 36.4 Å². The van der Waals surface area contributed by atoms with Gasteiger partial charge in [0.15, 0.2) is 0 Å². The lowest BCUT2D eigenvalue weighted by Crippen LogP contribution is -2.34. The number of anilines is 1. The predicted octanol–water partition coefficient (Wildman–Crippen LogP) is 1.74. The molecular weight excluding hydrogens is 422 g/mol. The second-order valence-corrected chi connectivity index (χ2v) is 8.56. The number of sulfonamides is 1. The average molecular weight is 440 g/mol. The van der Waals surface area contributed by atoms with Crippen LogP contribution in [0.5, 0.6) is 0 Å². The van der Waals surface area contributed by atoms with Gasteiger partial charge in [-0.3, -0.25) is 9.59 Å². The van der Waals surface area contributed by atoms with E-state index in [9.17, 15) is 18.0 Å². The van der Waals surface area contributed by atoms with Gasteiger partial charge in [0.1, 0.15) is 0 Å². The summed E-state index contributed by atoms with van der Waals surface area (Å²) in [6.45, 7) is -0.332. The van der Waals surface area contributed by atoms with Crippen LogP contribution in [0.2, 0.25) is 0 Å². The Kier molecular flexibility index (Phi) is 6.52. The van der Waals surface area contributed by atoms with Crippen LogP contribution in [0.15, 0.2) is 57.9 Å². The van der Waals surface area contributed by atoms with Crippen molar-refractivity contribution in [1.29, 1.82) is 0 Å². The molecule has 0 aliphatic carbocycles. The molecular formula is C17H18BrN3O4S. The van der Waals surface area contributed by atoms with Crippen molar-refractivity contribution in [2.75, 3.05) is 18.9 Å². The molecule has 0 spiro atoms. The van der Waals surface area contributed by atoms with Crippen LogP contribution < -0.4 is 11.1 Å². The van der Waals surface area contributed by atoms with Crippen molar-refractivity contribution in [3.8, 4) is 0 Å². The topological polar surface area (TPSA) is 110 Å². The predicted molar refractivity (Wildman–Crippen MR) is 102 cm³/mol. The van der Waals surface area contributed by atoms with Gasteiger partial charge in [-0.25, -0.2) is 8.42 Å². The summed E-state index contributed by atoms with van der Waals surface area (Å²) < 4.78 is 26.7. The molecule has 0 saturated heterocycles. The fraction of sp³-hybridized carbons (Fsp3) is 0.176. The van der Waals surface area contributed by atoms with Crippen molar-refractivity contribution in [2.24, 2.45) is 5.73 Å². The maximum atomic E-state index is 12.5. The summed E-state index contributed by atoms with van der Waals surface area (Å²) in [5, 5.41) is 2.62. The Labute approximate surface area is 160 Å². The fourth-order valence-corrected chi connectivity index (χ4v) is 3.57. The number of hydrogen-bond donors (Lipinski definition) is 2. The Hall–Kier alpha value is -2.23. The van der Waals surface area contributed by atoms with Crippen LogP contribution in [0, 0.1) is 0 Å². The first-order valence-corrected chi connectivity index (χ1v) is 9.81. The van der Waals surface area contributed by atoms with E-state index in [2.05, 4.69) is 21.2 Å². The third-order valence-corrected chi connectivity index (χ3v) is 5.85. The highest BCUT2D eigenvalue weighted by atomic mass is 79.9. The van der Waals surface area contributed by atoms with Crippen molar-refractivity contribution >= 4 is 43.5 Å². The highest BCUT2D eigenvalue weighted by molar-refractivity contribution is 9.10. The van der Waals surface area contributed by atoms with E-state index in [0.29, 0.717) is 5.69 Å². The van der Waals surface area contributed by atoms with Crippen LogP contribution in [-0.2, 0) is 26.0 Å². The summed E-state index contributed by atoms with van der Waals surface area (Å²) >= 11 is 3.25. The quantitative estimate of drug-likeness (QED) is 0.684. The maximum Gasteiger partial charge on any atom is 0.243 e. The Morgan fingerprint density at radius 1 is 1.08 bits per heavy atom. The Bertz CT molecular complexity index is 897. The molecule has 2 amide bonds. The third-order valence-electron chi connectivity index (χ3n) is 3.50. The fourth-order valence-electron chi connectivity index (χ4n) is 2.18. The zero-order valence-electron chi connectivity index (χ0n) is 14.0. The number of benzene rings is 2. The van der Waals surface area contributed by atoms with Crippen LogP contribution in [0.1, 0.15) is 5.56 Å². The van der Waals surface area contributed by atoms with Gasteiger partial charge in [-0.15, -0.1) is 0 Å². The van der Waals surface area contributed by atoms with Crippen LogP contribution >= 0.6 is 15.9 Å². The summed E-state index contributed by atoms with van der Waals surface area (Å²) in [6.07, 6.45) is 0.113. The minimum absolute atomic E-state index is 0.104. The number of hydrogen-bond acceptors (Lipinski definition) is 4. The molecule has 0 aromatic heterocycles. The highest BCUT2D eigenvalue weighted by Crippen LogP contribution is 2.18. The number of primary amides is 1. The van der Waals surface area contributed by atoms with Gasteiger partial charge in [0.25, 0.3) is 0 Å². The third kappa shape index (κ3) is 5.38. The number of rotatable bonds is 7. The van der Waals surface area contributed by atoms with E-state index in [1.807, 2.05) is 0 Å². The van der Waals surface area contributed by atoms with Gasteiger partial charge in [0.2, 0.25) is 21.8 Å². The van der Waals surface area contributed by atoms with Crippen LogP contribution in [0.4, 0.5) is 5.69 Å². The molecule has 0 fully saturated rings. The molecule has 2 aromatic rings. The number of carbonyl (C=O) groups excluding carboxylic acids is 2. The van der Waals surface area contributed by atoms with Gasteiger partial charge in [0.05, 0.1) is 17.9 Å². The first-order chi connectivity index (χ1) is 12.2. The molecule has 0 saturated carbocycles. The van der Waals surface area contributed by atoms with Crippen LogP contribution in [0.25, 0.3) is 0 Å². The summed E-state index contributed by atoms with van der Waals surface area (Å²) in [4.78, 5) is 23.1. The van der Waals surface area contributed by atoms with E-state index in [1.165, 1.54) is 19.2 Å². The zero-order valence-corrected chi connectivity index (χ0v) is 16.4. The molecule has 0 unspecified atom stereocenters. The van der Waals surface area contributed by atoms with Crippen molar-refractivity contribution in [3.05, 3.63) is 58.6 Å². The minimum Gasteiger partial charge on any atom is -0.369 e. The number of amides is 2. The van der Waals surface area contributed by atoms with Gasteiger partial charge < -0.3 is 11.1 Å². The van der Waals surface area contributed by atoms with Crippen molar-refractivity contribution < 1.29 is 18.0 Å². The molecule has 0 aliphatic heterocycles. The van der Waals surface area contributed by atoms with Gasteiger partial charge in [-0.1, -0.05) is 28.1 Å². The summed E-state index contributed by atoms with van der Waals surface area (Å²) in [6, 6.07) is 12.8. The molecule has 0 heterocycles. The first kappa shape index (κ1) is 20.1. The molecule has 9 heteroatoms.